The fourth-order valence-electron chi connectivity index (χ4n) is 1.26. The fourth-order valence-corrected chi connectivity index (χ4v) is 2.87. The Morgan fingerprint density at radius 3 is 2.79 bits per heavy atom. The lowest BCUT2D eigenvalue weighted by Crippen LogP contribution is -1.97. The van der Waals surface area contributed by atoms with Crippen molar-refractivity contribution in [1.82, 2.24) is 0 Å². The maximum atomic E-state index is 10.7. The van der Waals surface area contributed by atoms with Crippen LogP contribution in [0.15, 0.2) is 22.0 Å². The molecule has 0 amide bonds. The highest BCUT2D eigenvalue weighted by molar-refractivity contribution is 9.11. The lowest BCUT2D eigenvalue weighted by Gasteiger charge is -1.98. The minimum absolute atomic E-state index is 0.226. The molecular weight excluding hydrogens is 266 g/mol. The van der Waals surface area contributed by atoms with E-state index in [0.29, 0.717) is 5.69 Å². The second kappa shape index (κ2) is 3.25. The third-order valence-electron chi connectivity index (χ3n) is 1.89. The molecule has 14 heavy (non-hydrogen) atoms. The molecule has 0 unspecified atom stereocenters. The van der Waals surface area contributed by atoms with E-state index in [1.54, 1.807) is 6.07 Å². The van der Waals surface area contributed by atoms with Crippen LogP contribution in [-0.2, 0) is 0 Å². The molecule has 72 valence electrons. The van der Waals surface area contributed by atoms with Crippen LogP contribution < -0.4 is 5.73 Å². The summed E-state index contributed by atoms with van der Waals surface area (Å²) in [7, 11) is 0. The van der Waals surface area contributed by atoms with Crippen molar-refractivity contribution in [3.8, 4) is 0 Å². The number of aromatic carboxylic acids is 1. The molecule has 0 fully saturated rings. The summed E-state index contributed by atoms with van der Waals surface area (Å²) in [6.45, 7) is 0. The number of carboxylic acid groups (broad SMARTS) is 1. The number of carboxylic acids is 1. The first kappa shape index (κ1) is 9.48. The Morgan fingerprint density at radius 1 is 1.43 bits per heavy atom. The van der Waals surface area contributed by atoms with Crippen LogP contribution in [0, 0.1) is 0 Å². The maximum absolute atomic E-state index is 10.7. The molecule has 3 nitrogen and oxygen atoms in total. The monoisotopic (exact) mass is 271 g/mol. The van der Waals surface area contributed by atoms with Crippen molar-refractivity contribution >= 4 is 49.0 Å². The van der Waals surface area contributed by atoms with Crippen molar-refractivity contribution in [3.63, 3.8) is 0 Å². The molecule has 1 aromatic carbocycles. The molecule has 0 aliphatic rings. The SMILES string of the molecule is Nc1cc(C(=O)O)cc2sc(Br)cc12. The summed E-state index contributed by atoms with van der Waals surface area (Å²) in [6, 6.07) is 4.99. The van der Waals surface area contributed by atoms with E-state index in [1.165, 1.54) is 17.4 Å². The normalized spacial score (nSPS) is 10.6. The maximum Gasteiger partial charge on any atom is 0.335 e. The second-order valence-corrected chi connectivity index (χ2v) is 5.30. The third-order valence-corrected chi connectivity index (χ3v) is 3.47. The van der Waals surface area contributed by atoms with Gasteiger partial charge in [0.15, 0.2) is 0 Å². The van der Waals surface area contributed by atoms with Crippen LogP contribution in [0.2, 0.25) is 0 Å². The molecule has 0 saturated heterocycles. The molecule has 5 heteroatoms. The van der Waals surface area contributed by atoms with E-state index in [4.69, 9.17) is 10.8 Å². The highest BCUT2D eigenvalue weighted by atomic mass is 79.9. The van der Waals surface area contributed by atoms with Gasteiger partial charge < -0.3 is 10.8 Å². The molecule has 0 bridgehead atoms. The van der Waals surface area contributed by atoms with Gasteiger partial charge in [-0.05, 0) is 34.1 Å². The van der Waals surface area contributed by atoms with Crippen molar-refractivity contribution in [2.45, 2.75) is 0 Å². The Bertz CT molecular complexity index is 521. The average molecular weight is 272 g/mol. The molecule has 0 saturated carbocycles. The highest BCUT2D eigenvalue weighted by Gasteiger charge is 2.09. The summed E-state index contributed by atoms with van der Waals surface area (Å²) in [6.07, 6.45) is 0. The van der Waals surface area contributed by atoms with Gasteiger partial charge in [0.05, 0.1) is 9.35 Å². The van der Waals surface area contributed by atoms with Gasteiger partial charge in [0.1, 0.15) is 0 Å². The zero-order valence-electron chi connectivity index (χ0n) is 6.95. The predicted molar refractivity (Wildman–Crippen MR) is 60.9 cm³/mol. The number of benzene rings is 1. The van der Waals surface area contributed by atoms with Gasteiger partial charge in [0.25, 0.3) is 0 Å². The van der Waals surface area contributed by atoms with Gasteiger partial charge in [-0.3, -0.25) is 0 Å². The van der Waals surface area contributed by atoms with Crippen molar-refractivity contribution in [2.75, 3.05) is 5.73 Å². The third kappa shape index (κ3) is 1.49. The van der Waals surface area contributed by atoms with E-state index in [9.17, 15) is 4.79 Å². The van der Waals surface area contributed by atoms with Crippen LogP contribution in [0.1, 0.15) is 10.4 Å². The van der Waals surface area contributed by atoms with Gasteiger partial charge in [0.2, 0.25) is 0 Å². The first-order valence-electron chi connectivity index (χ1n) is 3.80. The van der Waals surface area contributed by atoms with Crippen LogP contribution in [0.3, 0.4) is 0 Å². The lowest BCUT2D eigenvalue weighted by atomic mass is 10.1. The van der Waals surface area contributed by atoms with Crippen LogP contribution in [0.25, 0.3) is 10.1 Å². The number of rotatable bonds is 1. The van der Waals surface area contributed by atoms with Crippen molar-refractivity contribution in [2.24, 2.45) is 0 Å². The lowest BCUT2D eigenvalue weighted by molar-refractivity contribution is 0.0697. The number of halogens is 1. The summed E-state index contributed by atoms with van der Waals surface area (Å²) in [5, 5.41) is 9.71. The van der Waals surface area contributed by atoms with Crippen LogP contribution >= 0.6 is 27.3 Å². The molecule has 0 aliphatic carbocycles. The van der Waals surface area contributed by atoms with E-state index in [-0.39, 0.29) is 5.56 Å². The highest BCUT2D eigenvalue weighted by Crippen LogP contribution is 2.34. The standard InChI is InChI=1S/C9H6BrNO2S/c10-8-3-5-6(11)1-4(9(12)13)2-7(5)14-8/h1-3H,11H2,(H,12,13). The number of anilines is 1. The number of nitrogens with two attached hydrogens (primary N) is 1. The number of nitrogen functional groups attached to an aromatic ring is 1. The summed E-state index contributed by atoms with van der Waals surface area (Å²) >= 11 is 4.81. The predicted octanol–water partition coefficient (Wildman–Crippen LogP) is 2.94. The number of hydrogen-bond donors (Lipinski definition) is 2. The van der Waals surface area contributed by atoms with Gasteiger partial charge in [-0.25, -0.2) is 4.79 Å². The summed E-state index contributed by atoms with van der Waals surface area (Å²) < 4.78 is 1.83. The molecule has 3 N–H and O–H groups in total. The van der Waals surface area contributed by atoms with Crippen LogP contribution in [0.5, 0.6) is 0 Å². The largest absolute Gasteiger partial charge is 0.478 e. The summed E-state index contributed by atoms with van der Waals surface area (Å²) in [5.74, 6) is -0.955. The van der Waals surface area contributed by atoms with E-state index in [0.717, 1.165) is 13.9 Å². The van der Waals surface area contributed by atoms with Gasteiger partial charge in [0, 0.05) is 15.8 Å². The number of thiophene rings is 1. The minimum atomic E-state index is -0.955. The van der Waals surface area contributed by atoms with Gasteiger partial charge >= 0.3 is 5.97 Å². The zero-order chi connectivity index (χ0) is 10.3. The molecule has 2 aromatic rings. The quantitative estimate of drug-likeness (QED) is 0.784. The molecule has 0 radical (unpaired) electrons. The molecule has 2 rings (SSSR count). The Morgan fingerprint density at radius 2 is 2.14 bits per heavy atom. The number of carbonyl (C=O) groups is 1. The van der Waals surface area contributed by atoms with Gasteiger partial charge in [-0.1, -0.05) is 0 Å². The second-order valence-electron chi connectivity index (χ2n) is 2.83. The van der Waals surface area contributed by atoms with E-state index in [1.807, 2.05) is 6.07 Å². The van der Waals surface area contributed by atoms with E-state index in [2.05, 4.69) is 15.9 Å². The Kier molecular flexibility index (Phi) is 2.20. The smallest absolute Gasteiger partial charge is 0.335 e. The Labute approximate surface area is 92.3 Å². The van der Waals surface area contributed by atoms with Gasteiger partial charge in [-0.15, -0.1) is 11.3 Å². The summed E-state index contributed by atoms with van der Waals surface area (Å²) in [4.78, 5) is 10.7. The van der Waals surface area contributed by atoms with Crippen LogP contribution in [-0.4, -0.2) is 11.1 Å². The van der Waals surface area contributed by atoms with E-state index < -0.39 is 5.97 Å². The molecule has 0 aliphatic heterocycles. The minimum Gasteiger partial charge on any atom is -0.478 e. The van der Waals surface area contributed by atoms with Crippen molar-refractivity contribution in [3.05, 3.63) is 27.5 Å². The number of fused-ring (bicyclic) bond motifs is 1. The van der Waals surface area contributed by atoms with Crippen molar-refractivity contribution < 1.29 is 9.90 Å². The molecule has 1 heterocycles. The Balaban J connectivity index is 2.77. The first-order valence-corrected chi connectivity index (χ1v) is 5.41. The molecule has 0 spiro atoms. The van der Waals surface area contributed by atoms with Crippen molar-refractivity contribution in [1.29, 1.82) is 0 Å². The fraction of sp³-hybridized carbons (Fsp3) is 0. The Hall–Kier alpha value is -1.07. The zero-order valence-corrected chi connectivity index (χ0v) is 9.35. The topological polar surface area (TPSA) is 63.3 Å². The van der Waals surface area contributed by atoms with Gasteiger partial charge in [-0.2, -0.15) is 0 Å². The molecular formula is C9H6BrNO2S. The number of hydrogen-bond acceptors (Lipinski definition) is 3. The first-order chi connectivity index (χ1) is 6.58. The van der Waals surface area contributed by atoms with E-state index >= 15 is 0 Å². The molecule has 0 atom stereocenters. The van der Waals surface area contributed by atoms with Crippen LogP contribution in [0.4, 0.5) is 5.69 Å². The molecule has 1 aromatic heterocycles. The summed E-state index contributed by atoms with van der Waals surface area (Å²) in [5.41, 5.74) is 6.46. The average Bonchev–Trinajstić information content (AvgIpc) is 2.45.